The Kier molecular flexibility index (Phi) is 1.64. The van der Waals surface area contributed by atoms with E-state index in [1.807, 2.05) is 12.1 Å². The number of aromatic nitrogens is 1. The molecule has 1 aromatic heterocycles. The Morgan fingerprint density at radius 2 is 2.25 bits per heavy atom. The second kappa shape index (κ2) is 2.66. The van der Waals surface area contributed by atoms with E-state index in [1.54, 1.807) is 6.20 Å². The molecule has 2 N–H and O–H groups in total. The fourth-order valence-corrected chi connectivity index (χ4v) is 1.26. The normalized spacial score (nSPS) is 16.1. The number of pyridine rings is 1. The second-order valence-corrected chi connectivity index (χ2v) is 3.29. The van der Waals surface area contributed by atoms with E-state index in [9.17, 15) is 0 Å². The summed E-state index contributed by atoms with van der Waals surface area (Å²) in [5.41, 5.74) is 6.26. The third kappa shape index (κ3) is 1.35. The molecule has 3 heteroatoms. The number of nitrogens with two attached hydrogens (primary N) is 1. The molecule has 1 aliphatic carbocycles. The lowest BCUT2D eigenvalue weighted by atomic mass is 10.4. The molecule has 12 heavy (non-hydrogen) atoms. The van der Waals surface area contributed by atoms with Crippen LogP contribution in [-0.4, -0.2) is 18.1 Å². The lowest BCUT2D eigenvalue weighted by Crippen LogP contribution is -2.20. The van der Waals surface area contributed by atoms with E-state index < -0.39 is 0 Å². The van der Waals surface area contributed by atoms with E-state index in [-0.39, 0.29) is 0 Å². The zero-order valence-electron chi connectivity index (χ0n) is 7.20. The molecule has 0 radical (unpaired) electrons. The first-order chi connectivity index (χ1) is 5.77. The summed E-state index contributed by atoms with van der Waals surface area (Å²) >= 11 is 0. The van der Waals surface area contributed by atoms with Gasteiger partial charge in [0.05, 0.1) is 11.9 Å². The summed E-state index contributed by atoms with van der Waals surface area (Å²) in [5.74, 6) is 1.02. The molecular formula is C9H13N3. The predicted molar refractivity (Wildman–Crippen MR) is 50.1 cm³/mol. The molecule has 3 nitrogen and oxygen atoms in total. The van der Waals surface area contributed by atoms with Crippen LogP contribution >= 0.6 is 0 Å². The van der Waals surface area contributed by atoms with Gasteiger partial charge in [0.2, 0.25) is 0 Å². The summed E-state index contributed by atoms with van der Waals surface area (Å²) in [6.45, 7) is 0. The fourth-order valence-electron chi connectivity index (χ4n) is 1.26. The summed E-state index contributed by atoms with van der Waals surface area (Å²) in [4.78, 5) is 6.45. The third-order valence-electron chi connectivity index (χ3n) is 2.23. The maximum absolute atomic E-state index is 5.54. The van der Waals surface area contributed by atoms with Gasteiger partial charge in [0.25, 0.3) is 0 Å². The quantitative estimate of drug-likeness (QED) is 0.713. The van der Waals surface area contributed by atoms with Crippen molar-refractivity contribution in [2.24, 2.45) is 0 Å². The van der Waals surface area contributed by atoms with Gasteiger partial charge in [-0.3, -0.25) is 0 Å². The highest BCUT2D eigenvalue weighted by Crippen LogP contribution is 2.28. The van der Waals surface area contributed by atoms with E-state index >= 15 is 0 Å². The van der Waals surface area contributed by atoms with Gasteiger partial charge >= 0.3 is 0 Å². The van der Waals surface area contributed by atoms with Crippen molar-refractivity contribution in [3.05, 3.63) is 18.3 Å². The van der Waals surface area contributed by atoms with E-state index in [4.69, 9.17) is 5.73 Å². The molecule has 0 unspecified atom stereocenters. The number of hydrogen-bond acceptors (Lipinski definition) is 3. The molecule has 0 bridgehead atoms. The molecule has 64 valence electrons. The van der Waals surface area contributed by atoms with Gasteiger partial charge in [-0.1, -0.05) is 0 Å². The molecule has 1 heterocycles. The average molecular weight is 163 g/mol. The van der Waals surface area contributed by atoms with Gasteiger partial charge in [-0.25, -0.2) is 4.98 Å². The monoisotopic (exact) mass is 163 g/mol. The van der Waals surface area contributed by atoms with Crippen LogP contribution in [0.15, 0.2) is 18.3 Å². The molecule has 1 aliphatic rings. The molecule has 1 saturated carbocycles. The van der Waals surface area contributed by atoms with Crippen molar-refractivity contribution in [2.75, 3.05) is 17.7 Å². The minimum atomic E-state index is 0.709. The minimum Gasteiger partial charge on any atom is -0.397 e. The highest BCUT2D eigenvalue weighted by atomic mass is 15.2. The van der Waals surface area contributed by atoms with E-state index in [0.29, 0.717) is 6.04 Å². The number of rotatable bonds is 2. The van der Waals surface area contributed by atoms with Gasteiger partial charge in [-0.05, 0) is 25.0 Å². The molecule has 0 amide bonds. The number of anilines is 2. The minimum absolute atomic E-state index is 0.709. The zero-order chi connectivity index (χ0) is 8.55. The van der Waals surface area contributed by atoms with E-state index in [2.05, 4.69) is 16.9 Å². The van der Waals surface area contributed by atoms with Crippen molar-refractivity contribution in [2.45, 2.75) is 18.9 Å². The lowest BCUT2D eigenvalue weighted by molar-refractivity contribution is 0.893. The fraction of sp³-hybridized carbons (Fsp3) is 0.444. The Morgan fingerprint density at radius 3 is 2.75 bits per heavy atom. The van der Waals surface area contributed by atoms with Gasteiger partial charge in [0.1, 0.15) is 5.82 Å². The standard InChI is InChI=1S/C9H13N3/c1-12(8-3-4-8)9-5-2-7(10)6-11-9/h2,5-6,8H,3-4,10H2,1H3. The van der Waals surface area contributed by atoms with Gasteiger partial charge in [0, 0.05) is 13.1 Å². The van der Waals surface area contributed by atoms with Crippen LogP contribution in [0.25, 0.3) is 0 Å². The summed E-state index contributed by atoms with van der Waals surface area (Å²) in [6, 6.07) is 4.57. The number of nitrogen functional groups attached to an aromatic ring is 1. The largest absolute Gasteiger partial charge is 0.397 e. The molecule has 2 rings (SSSR count). The zero-order valence-corrected chi connectivity index (χ0v) is 7.20. The Hall–Kier alpha value is -1.25. The molecule has 1 fully saturated rings. The summed E-state index contributed by atoms with van der Waals surface area (Å²) < 4.78 is 0. The average Bonchev–Trinajstić information content (AvgIpc) is 2.87. The molecule has 0 spiro atoms. The Bertz CT molecular complexity index is 264. The van der Waals surface area contributed by atoms with Crippen LogP contribution in [0.3, 0.4) is 0 Å². The molecule has 1 aromatic rings. The van der Waals surface area contributed by atoms with E-state index in [1.165, 1.54) is 12.8 Å². The SMILES string of the molecule is CN(c1ccc(N)cn1)C1CC1. The summed E-state index contributed by atoms with van der Waals surface area (Å²) in [6.07, 6.45) is 4.29. The van der Waals surface area contributed by atoms with Crippen molar-refractivity contribution >= 4 is 11.5 Å². The van der Waals surface area contributed by atoms with Crippen molar-refractivity contribution < 1.29 is 0 Å². The van der Waals surface area contributed by atoms with Gasteiger partial charge in [-0.15, -0.1) is 0 Å². The van der Waals surface area contributed by atoms with Crippen LogP contribution in [0.5, 0.6) is 0 Å². The van der Waals surface area contributed by atoms with Crippen LogP contribution in [0.4, 0.5) is 11.5 Å². The first-order valence-corrected chi connectivity index (χ1v) is 4.22. The summed E-state index contributed by atoms with van der Waals surface area (Å²) in [7, 11) is 2.08. The van der Waals surface area contributed by atoms with Gasteiger partial charge < -0.3 is 10.6 Å². The van der Waals surface area contributed by atoms with Gasteiger partial charge in [-0.2, -0.15) is 0 Å². The van der Waals surface area contributed by atoms with Crippen LogP contribution in [0, 0.1) is 0 Å². The Morgan fingerprint density at radius 1 is 1.50 bits per heavy atom. The first-order valence-electron chi connectivity index (χ1n) is 4.22. The van der Waals surface area contributed by atoms with Crippen molar-refractivity contribution in [3.63, 3.8) is 0 Å². The topological polar surface area (TPSA) is 42.1 Å². The maximum atomic E-state index is 5.54. The third-order valence-corrected chi connectivity index (χ3v) is 2.23. The van der Waals surface area contributed by atoms with Crippen LogP contribution in [0.1, 0.15) is 12.8 Å². The van der Waals surface area contributed by atoms with Crippen molar-refractivity contribution in [3.8, 4) is 0 Å². The molecule has 0 atom stereocenters. The highest BCUT2D eigenvalue weighted by Gasteiger charge is 2.26. The Labute approximate surface area is 72.2 Å². The summed E-state index contributed by atoms with van der Waals surface area (Å²) in [5, 5.41) is 0. The highest BCUT2D eigenvalue weighted by molar-refractivity contribution is 5.46. The second-order valence-electron chi connectivity index (χ2n) is 3.29. The smallest absolute Gasteiger partial charge is 0.128 e. The molecule has 0 aliphatic heterocycles. The molecule has 0 saturated heterocycles. The Balaban J connectivity index is 2.16. The molecule has 0 aromatic carbocycles. The van der Waals surface area contributed by atoms with E-state index in [0.717, 1.165) is 11.5 Å². The van der Waals surface area contributed by atoms with Crippen LogP contribution < -0.4 is 10.6 Å². The van der Waals surface area contributed by atoms with Gasteiger partial charge in [0.15, 0.2) is 0 Å². The molecular weight excluding hydrogens is 150 g/mol. The van der Waals surface area contributed by atoms with Crippen LogP contribution in [-0.2, 0) is 0 Å². The first kappa shape index (κ1) is 7.40. The number of hydrogen-bond donors (Lipinski definition) is 1. The number of nitrogens with zero attached hydrogens (tertiary/aromatic N) is 2. The maximum Gasteiger partial charge on any atom is 0.128 e. The van der Waals surface area contributed by atoms with Crippen molar-refractivity contribution in [1.82, 2.24) is 4.98 Å². The van der Waals surface area contributed by atoms with Crippen LogP contribution in [0.2, 0.25) is 0 Å². The predicted octanol–water partition coefficient (Wildman–Crippen LogP) is 1.26. The van der Waals surface area contributed by atoms with Crippen molar-refractivity contribution in [1.29, 1.82) is 0 Å². The lowest BCUT2D eigenvalue weighted by Gasteiger charge is -2.16.